The van der Waals surface area contributed by atoms with Crippen molar-refractivity contribution in [2.75, 3.05) is 16.4 Å². The first-order chi connectivity index (χ1) is 12.0. The van der Waals surface area contributed by atoms with Gasteiger partial charge in [-0.2, -0.15) is 0 Å². The molecule has 1 amide bonds. The minimum atomic E-state index is -0.169. The van der Waals surface area contributed by atoms with Crippen molar-refractivity contribution in [1.82, 2.24) is 15.4 Å². The van der Waals surface area contributed by atoms with E-state index in [1.165, 1.54) is 34.2 Å². The van der Waals surface area contributed by atoms with Gasteiger partial charge in [-0.15, -0.1) is 10.2 Å². The van der Waals surface area contributed by atoms with Crippen molar-refractivity contribution in [1.29, 1.82) is 0 Å². The van der Waals surface area contributed by atoms with Gasteiger partial charge in [0.2, 0.25) is 11.0 Å². The van der Waals surface area contributed by atoms with E-state index < -0.39 is 0 Å². The number of hydrogen-bond donors (Lipinski definition) is 2. The molecule has 2 N–H and O–H groups in total. The highest BCUT2D eigenvalue weighted by Gasteiger charge is 2.10. The van der Waals surface area contributed by atoms with Gasteiger partial charge >= 0.3 is 0 Å². The summed E-state index contributed by atoms with van der Waals surface area (Å²) in [5.41, 5.74) is 3.42. The van der Waals surface area contributed by atoms with Crippen molar-refractivity contribution in [2.24, 2.45) is 0 Å². The molecule has 25 heavy (non-hydrogen) atoms. The predicted octanol–water partition coefficient (Wildman–Crippen LogP) is 3.93. The summed E-state index contributed by atoms with van der Waals surface area (Å²) in [5, 5.41) is 18.5. The molecule has 1 aromatic carbocycles. The Balaban J connectivity index is 1.52. The van der Waals surface area contributed by atoms with Crippen molar-refractivity contribution in [3.63, 3.8) is 0 Å². The molecule has 0 aliphatic heterocycles. The topological polar surface area (TPSA) is 92.9 Å². The third kappa shape index (κ3) is 4.80. The first kappa shape index (κ1) is 17.4. The van der Waals surface area contributed by atoms with Gasteiger partial charge in [0.05, 0.1) is 5.75 Å². The SMILES string of the molecule is Cc1cc(NC(=O)CSc2nnc(Nc3ccc(C)c(C)c3)s2)no1. The molecular weight excluding hydrogens is 358 g/mol. The number of amides is 1. The molecule has 2 aromatic heterocycles. The molecule has 130 valence electrons. The molecule has 0 saturated carbocycles. The lowest BCUT2D eigenvalue weighted by atomic mass is 10.1. The Kier molecular flexibility index (Phi) is 5.34. The van der Waals surface area contributed by atoms with E-state index in [0.717, 1.165) is 10.0 Å². The molecule has 2 heterocycles. The molecule has 0 bridgehead atoms. The number of thioether (sulfide) groups is 1. The third-order valence-electron chi connectivity index (χ3n) is 3.39. The third-order valence-corrected chi connectivity index (χ3v) is 5.36. The smallest absolute Gasteiger partial charge is 0.236 e. The van der Waals surface area contributed by atoms with Gasteiger partial charge in [0.25, 0.3) is 0 Å². The van der Waals surface area contributed by atoms with Gasteiger partial charge in [-0.3, -0.25) is 4.79 Å². The molecule has 0 spiro atoms. The van der Waals surface area contributed by atoms with E-state index in [-0.39, 0.29) is 11.7 Å². The Morgan fingerprint density at radius 1 is 1.20 bits per heavy atom. The van der Waals surface area contributed by atoms with E-state index in [1.807, 2.05) is 6.07 Å². The molecule has 7 nitrogen and oxygen atoms in total. The maximum atomic E-state index is 11.9. The lowest BCUT2D eigenvalue weighted by Crippen LogP contribution is -2.14. The molecule has 0 fully saturated rings. The van der Waals surface area contributed by atoms with Gasteiger partial charge in [-0.05, 0) is 44.0 Å². The van der Waals surface area contributed by atoms with Crippen LogP contribution >= 0.6 is 23.1 Å². The van der Waals surface area contributed by atoms with Gasteiger partial charge in [0.15, 0.2) is 10.2 Å². The van der Waals surface area contributed by atoms with Gasteiger partial charge in [0.1, 0.15) is 5.76 Å². The predicted molar refractivity (Wildman–Crippen MR) is 99.7 cm³/mol. The van der Waals surface area contributed by atoms with E-state index in [4.69, 9.17) is 4.52 Å². The quantitative estimate of drug-likeness (QED) is 0.631. The molecule has 3 aromatic rings. The van der Waals surface area contributed by atoms with E-state index >= 15 is 0 Å². The van der Waals surface area contributed by atoms with Crippen molar-refractivity contribution in [2.45, 2.75) is 25.1 Å². The van der Waals surface area contributed by atoms with E-state index in [0.29, 0.717) is 16.7 Å². The van der Waals surface area contributed by atoms with Crippen molar-refractivity contribution >= 4 is 45.6 Å². The Hall–Kier alpha value is -2.39. The summed E-state index contributed by atoms with van der Waals surface area (Å²) >= 11 is 2.73. The van der Waals surface area contributed by atoms with Crippen LogP contribution in [0, 0.1) is 20.8 Å². The zero-order valence-corrected chi connectivity index (χ0v) is 15.6. The first-order valence-corrected chi connectivity index (χ1v) is 9.33. The zero-order chi connectivity index (χ0) is 17.8. The van der Waals surface area contributed by atoms with Crippen LogP contribution in [0.25, 0.3) is 0 Å². The second-order valence-electron chi connectivity index (χ2n) is 5.46. The van der Waals surface area contributed by atoms with Crippen molar-refractivity contribution < 1.29 is 9.32 Å². The molecule has 0 aliphatic carbocycles. The lowest BCUT2D eigenvalue weighted by Gasteiger charge is -2.05. The molecule has 3 rings (SSSR count). The van der Waals surface area contributed by atoms with Crippen LogP contribution in [0.5, 0.6) is 0 Å². The molecule has 9 heteroatoms. The van der Waals surface area contributed by atoms with Crippen LogP contribution in [-0.2, 0) is 4.79 Å². The highest BCUT2D eigenvalue weighted by Crippen LogP contribution is 2.28. The number of aromatic nitrogens is 3. The van der Waals surface area contributed by atoms with Gasteiger partial charge < -0.3 is 15.2 Å². The molecule has 0 atom stereocenters. The number of hydrogen-bond acceptors (Lipinski definition) is 8. The fourth-order valence-corrected chi connectivity index (χ4v) is 3.56. The fraction of sp³-hybridized carbons (Fsp3) is 0.250. The van der Waals surface area contributed by atoms with E-state index in [2.05, 4.69) is 52.0 Å². The van der Waals surface area contributed by atoms with Gasteiger partial charge in [-0.25, -0.2) is 0 Å². The first-order valence-electron chi connectivity index (χ1n) is 7.53. The summed E-state index contributed by atoms with van der Waals surface area (Å²) in [6, 6.07) is 7.80. The molecule has 0 aliphatic rings. The van der Waals surface area contributed by atoms with E-state index in [9.17, 15) is 4.79 Å². The largest absolute Gasteiger partial charge is 0.360 e. The van der Waals surface area contributed by atoms with Gasteiger partial charge in [-0.1, -0.05) is 34.3 Å². The highest BCUT2D eigenvalue weighted by molar-refractivity contribution is 8.01. The van der Waals surface area contributed by atoms with Crippen LogP contribution < -0.4 is 10.6 Å². The Morgan fingerprint density at radius 3 is 2.76 bits per heavy atom. The van der Waals surface area contributed by atoms with Crippen molar-refractivity contribution in [3.8, 4) is 0 Å². The van der Waals surface area contributed by atoms with Gasteiger partial charge in [0, 0.05) is 11.8 Å². The monoisotopic (exact) mass is 375 g/mol. The average Bonchev–Trinajstić information content (AvgIpc) is 3.18. The average molecular weight is 375 g/mol. The summed E-state index contributed by atoms with van der Waals surface area (Å²) in [6.45, 7) is 5.91. The number of nitrogens with zero attached hydrogens (tertiary/aromatic N) is 3. The maximum Gasteiger partial charge on any atom is 0.236 e. The summed E-state index contributed by atoms with van der Waals surface area (Å²) in [4.78, 5) is 11.9. The van der Waals surface area contributed by atoms with Crippen LogP contribution in [-0.4, -0.2) is 27.0 Å². The second-order valence-corrected chi connectivity index (χ2v) is 7.66. The zero-order valence-electron chi connectivity index (χ0n) is 14.0. The molecule has 0 radical (unpaired) electrons. The Labute approximate surface area is 153 Å². The van der Waals surface area contributed by atoms with Crippen LogP contribution in [0.15, 0.2) is 33.1 Å². The van der Waals surface area contributed by atoms with Crippen LogP contribution in [0.4, 0.5) is 16.6 Å². The highest BCUT2D eigenvalue weighted by atomic mass is 32.2. The minimum Gasteiger partial charge on any atom is -0.360 e. The summed E-state index contributed by atoms with van der Waals surface area (Å²) < 4.78 is 5.62. The van der Waals surface area contributed by atoms with Crippen LogP contribution in [0.2, 0.25) is 0 Å². The molecule has 0 unspecified atom stereocenters. The second kappa shape index (κ2) is 7.66. The number of carbonyl (C=O) groups excluding carboxylic acids is 1. The minimum absolute atomic E-state index is 0.169. The summed E-state index contributed by atoms with van der Waals surface area (Å²) in [7, 11) is 0. The number of anilines is 3. The lowest BCUT2D eigenvalue weighted by molar-refractivity contribution is -0.113. The summed E-state index contributed by atoms with van der Waals surface area (Å²) in [5.74, 6) is 1.12. The normalized spacial score (nSPS) is 10.7. The number of rotatable bonds is 6. The molecule has 0 saturated heterocycles. The van der Waals surface area contributed by atoms with Crippen LogP contribution in [0.3, 0.4) is 0 Å². The number of aryl methyl sites for hydroxylation is 3. The molecular formula is C16H17N5O2S2. The van der Waals surface area contributed by atoms with Crippen LogP contribution in [0.1, 0.15) is 16.9 Å². The number of benzene rings is 1. The number of nitrogens with one attached hydrogen (secondary N) is 2. The summed E-state index contributed by atoms with van der Waals surface area (Å²) in [6.07, 6.45) is 0. The Bertz CT molecular complexity index is 890. The standard InChI is InChI=1S/C16H17N5O2S2/c1-9-4-5-12(6-10(9)2)17-15-19-20-16(25-15)24-8-14(22)18-13-7-11(3)23-21-13/h4-7H,8H2,1-3H3,(H,17,19)(H,18,21,22). The van der Waals surface area contributed by atoms with E-state index in [1.54, 1.807) is 13.0 Å². The Morgan fingerprint density at radius 2 is 2.04 bits per heavy atom. The number of carbonyl (C=O) groups is 1. The van der Waals surface area contributed by atoms with Crippen molar-refractivity contribution in [3.05, 3.63) is 41.2 Å². The maximum absolute atomic E-state index is 11.9. The fourth-order valence-electron chi connectivity index (χ4n) is 1.99.